The molecule has 1 aromatic heterocycles. The number of likely N-dealkylation sites (tertiary alicyclic amines) is 1. The van der Waals surface area contributed by atoms with E-state index in [0.717, 1.165) is 19.4 Å². The fraction of sp³-hybridized carbons (Fsp3) is 0.615. The van der Waals surface area contributed by atoms with Crippen LogP contribution < -0.4 is 14.8 Å². The molecular formula is C13H19ClN4O3. The highest BCUT2D eigenvalue weighted by Crippen LogP contribution is 2.17. The summed E-state index contributed by atoms with van der Waals surface area (Å²) in [5, 5.41) is 2.76. The third-order valence-electron chi connectivity index (χ3n) is 3.11. The van der Waals surface area contributed by atoms with Crippen LogP contribution in [0.25, 0.3) is 0 Å². The summed E-state index contributed by atoms with van der Waals surface area (Å²) in [5.74, 6) is 0.857. The average molecular weight is 315 g/mol. The fourth-order valence-electron chi connectivity index (χ4n) is 2.14. The molecule has 21 heavy (non-hydrogen) atoms. The summed E-state index contributed by atoms with van der Waals surface area (Å²) in [6.07, 6.45) is 3.27. The molecule has 0 saturated carbocycles. The lowest BCUT2D eigenvalue weighted by Crippen LogP contribution is -2.48. The summed E-state index contributed by atoms with van der Waals surface area (Å²) >= 11 is 5.57. The van der Waals surface area contributed by atoms with E-state index >= 15 is 0 Å². The first-order valence-electron chi connectivity index (χ1n) is 6.85. The Morgan fingerprint density at radius 2 is 2.48 bits per heavy atom. The average Bonchev–Trinajstić information content (AvgIpc) is 2.53. The van der Waals surface area contributed by atoms with Gasteiger partial charge in [-0.1, -0.05) is 0 Å². The Balaban J connectivity index is 1.90. The number of hydrogen-bond donors (Lipinski definition) is 1. The van der Waals surface area contributed by atoms with Crippen molar-refractivity contribution in [3.8, 4) is 11.9 Å². The molecule has 0 bridgehead atoms. The van der Waals surface area contributed by atoms with Crippen LogP contribution in [0.3, 0.4) is 0 Å². The molecule has 1 aliphatic heterocycles. The minimum absolute atomic E-state index is 0.0832. The third kappa shape index (κ3) is 4.63. The van der Waals surface area contributed by atoms with E-state index in [1.165, 1.54) is 7.11 Å². The highest BCUT2D eigenvalue weighted by molar-refractivity contribution is 6.18. The van der Waals surface area contributed by atoms with Gasteiger partial charge in [-0.25, -0.2) is 9.78 Å². The lowest BCUT2D eigenvalue weighted by molar-refractivity contribution is 0.0972. The Hall–Kier alpha value is -1.76. The van der Waals surface area contributed by atoms with E-state index < -0.39 is 0 Å². The van der Waals surface area contributed by atoms with Crippen LogP contribution in [0.4, 0.5) is 4.79 Å². The maximum atomic E-state index is 11.9. The van der Waals surface area contributed by atoms with Crippen molar-refractivity contribution in [1.29, 1.82) is 0 Å². The number of nitrogens with zero attached hydrogens (tertiary/aromatic N) is 3. The number of carbonyl (C=O) groups excluding carboxylic acids is 1. The second-order valence-electron chi connectivity index (χ2n) is 4.63. The Kier molecular flexibility index (Phi) is 5.86. The van der Waals surface area contributed by atoms with Gasteiger partial charge in [0.05, 0.1) is 13.7 Å². The zero-order valence-corrected chi connectivity index (χ0v) is 12.7. The number of methoxy groups -OCH3 is 1. The lowest BCUT2D eigenvalue weighted by atomic mass is 10.1. The van der Waals surface area contributed by atoms with Crippen molar-refractivity contribution in [2.75, 3.05) is 32.6 Å². The number of nitrogens with one attached hydrogen (secondary N) is 1. The topological polar surface area (TPSA) is 76.6 Å². The summed E-state index contributed by atoms with van der Waals surface area (Å²) in [6, 6.07) is 1.83. The molecule has 0 aromatic carbocycles. The molecule has 1 saturated heterocycles. The quantitative estimate of drug-likeness (QED) is 0.828. The first-order chi connectivity index (χ1) is 10.2. The molecule has 0 radical (unpaired) electrons. The second kappa shape index (κ2) is 7.87. The maximum absolute atomic E-state index is 11.9. The molecule has 1 aliphatic rings. The second-order valence-corrected chi connectivity index (χ2v) is 5.01. The van der Waals surface area contributed by atoms with Crippen LogP contribution in [0.5, 0.6) is 11.9 Å². The van der Waals surface area contributed by atoms with Crippen LogP contribution in [0.1, 0.15) is 12.8 Å². The van der Waals surface area contributed by atoms with Gasteiger partial charge in [0, 0.05) is 31.2 Å². The first kappa shape index (κ1) is 15.6. The van der Waals surface area contributed by atoms with E-state index in [1.807, 2.05) is 0 Å². The molecule has 7 nitrogen and oxygen atoms in total. The van der Waals surface area contributed by atoms with Gasteiger partial charge in [-0.2, -0.15) is 4.98 Å². The van der Waals surface area contributed by atoms with E-state index in [1.54, 1.807) is 17.2 Å². The number of ether oxygens (including phenoxy) is 2. The molecule has 2 amide bonds. The summed E-state index contributed by atoms with van der Waals surface area (Å²) < 4.78 is 10.8. The molecule has 8 heteroatoms. The van der Waals surface area contributed by atoms with E-state index in [0.29, 0.717) is 24.8 Å². The van der Waals surface area contributed by atoms with Crippen molar-refractivity contribution in [3.63, 3.8) is 0 Å². The SMILES string of the molecule is COc1nccc(OC2CCCN(C(=O)NCCCl)C2)n1. The van der Waals surface area contributed by atoms with Crippen molar-refractivity contribution < 1.29 is 14.3 Å². The van der Waals surface area contributed by atoms with E-state index in [-0.39, 0.29) is 18.1 Å². The van der Waals surface area contributed by atoms with Crippen molar-refractivity contribution >= 4 is 17.6 Å². The van der Waals surface area contributed by atoms with Crippen LogP contribution in [-0.4, -0.2) is 59.6 Å². The van der Waals surface area contributed by atoms with Gasteiger partial charge in [0.2, 0.25) is 5.88 Å². The molecule has 116 valence electrons. The van der Waals surface area contributed by atoms with Gasteiger partial charge < -0.3 is 19.7 Å². The Morgan fingerprint density at radius 3 is 3.24 bits per heavy atom. The smallest absolute Gasteiger partial charge is 0.319 e. The number of urea groups is 1. The molecular weight excluding hydrogens is 296 g/mol. The number of carbonyl (C=O) groups is 1. The normalized spacial score (nSPS) is 18.2. The number of halogens is 1. The van der Waals surface area contributed by atoms with Gasteiger partial charge in [-0.05, 0) is 12.8 Å². The summed E-state index contributed by atoms with van der Waals surface area (Å²) in [6.45, 7) is 1.72. The van der Waals surface area contributed by atoms with Crippen LogP contribution in [0.15, 0.2) is 12.3 Å². The number of amides is 2. The minimum atomic E-state index is -0.107. The Bertz CT molecular complexity index is 474. The lowest BCUT2D eigenvalue weighted by Gasteiger charge is -2.32. The highest BCUT2D eigenvalue weighted by atomic mass is 35.5. The monoisotopic (exact) mass is 314 g/mol. The van der Waals surface area contributed by atoms with Crippen LogP contribution >= 0.6 is 11.6 Å². The maximum Gasteiger partial charge on any atom is 0.319 e. The third-order valence-corrected chi connectivity index (χ3v) is 3.30. The number of piperidine rings is 1. The van der Waals surface area contributed by atoms with E-state index in [9.17, 15) is 4.79 Å². The number of hydrogen-bond acceptors (Lipinski definition) is 5. The van der Waals surface area contributed by atoms with Crippen molar-refractivity contribution in [2.24, 2.45) is 0 Å². The summed E-state index contributed by atoms with van der Waals surface area (Å²) in [5.41, 5.74) is 0. The largest absolute Gasteiger partial charge is 0.472 e. The Labute approximate surface area is 128 Å². The van der Waals surface area contributed by atoms with Gasteiger partial charge in [-0.3, -0.25) is 0 Å². The summed E-state index contributed by atoms with van der Waals surface area (Å²) in [7, 11) is 1.50. The minimum Gasteiger partial charge on any atom is -0.472 e. The standard InChI is InChI=1S/C13H19ClN4O3/c1-20-12-15-6-4-11(17-12)21-10-3-2-8-18(9-10)13(19)16-7-5-14/h4,6,10H,2-3,5,7-9H2,1H3,(H,16,19). The number of aromatic nitrogens is 2. The van der Waals surface area contributed by atoms with Crippen molar-refractivity contribution in [1.82, 2.24) is 20.2 Å². The molecule has 1 aromatic rings. The van der Waals surface area contributed by atoms with Crippen LogP contribution in [0.2, 0.25) is 0 Å². The zero-order chi connectivity index (χ0) is 15.1. The molecule has 1 fully saturated rings. The van der Waals surface area contributed by atoms with Gasteiger partial charge in [-0.15, -0.1) is 11.6 Å². The van der Waals surface area contributed by atoms with Gasteiger partial charge in [0.15, 0.2) is 0 Å². The van der Waals surface area contributed by atoms with Gasteiger partial charge in [0.1, 0.15) is 6.10 Å². The molecule has 1 N–H and O–H groups in total. The predicted molar refractivity (Wildman–Crippen MR) is 77.9 cm³/mol. The van der Waals surface area contributed by atoms with Crippen LogP contribution in [-0.2, 0) is 0 Å². The number of rotatable bonds is 5. The fourth-order valence-corrected chi connectivity index (χ4v) is 2.24. The highest BCUT2D eigenvalue weighted by Gasteiger charge is 2.25. The summed E-state index contributed by atoms with van der Waals surface area (Å²) in [4.78, 5) is 21.7. The first-order valence-corrected chi connectivity index (χ1v) is 7.39. The van der Waals surface area contributed by atoms with Crippen molar-refractivity contribution in [3.05, 3.63) is 12.3 Å². The molecule has 0 spiro atoms. The van der Waals surface area contributed by atoms with Gasteiger partial charge >= 0.3 is 12.0 Å². The zero-order valence-electron chi connectivity index (χ0n) is 11.9. The molecule has 2 rings (SSSR count). The number of alkyl halides is 1. The van der Waals surface area contributed by atoms with Gasteiger partial charge in [0.25, 0.3) is 0 Å². The van der Waals surface area contributed by atoms with Crippen LogP contribution in [0, 0.1) is 0 Å². The predicted octanol–water partition coefficient (Wildman–Crippen LogP) is 1.28. The molecule has 1 unspecified atom stereocenters. The van der Waals surface area contributed by atoms with Crippen molar-refractivity contribution in [2.45, 2.75) is 18.9 Å². The Morgan fingerprint density at radius 1 is 1.62 bits per heavy atom. The van der Waals surface area contributed by atoms with E-state index in [4.69, 9.17) is 21.1 Å². The molecule has 1 atom stereocenters. The molecule has 2 heterocycles. The van der Waals surface area contributed by atoms with E-state index in [2.05, 4.69) is 15.3 Å². The molecule has 0 aliphatic carbocycles.